The van der Waals surface area contributed by atoms with E-state index in [-0.39, 0.29) is 17.2 Å². The van der Waals surface area contributed by atoms with Gasteiger partial charge in [-0.3, -0.25) is 24.8 Å². The molecular weight excluding hydrogens is 363 g/mol. The normalized spacial score (nSPS) is 10.8. The van der Waals surface area contributed by atoms with E-state index in [0.29, 0.717) is 11.0 Å². The Morgan fingerprint density at radius 2 is 1.75 bits per heavy atom. The molecule has 1 aromatic heterocycles. The van der Waals surface area contributed by atoms with Crippen LogP contribution in [0.5, 0.6) is 0 Å². The number of hydrogen-bond donors (Lipinski definition) is 1. The number of nitrogens with zero attached hydrogens (tertiary/aromatic N) is 3. The van der Waals surface area contributed by atoms with Crippen molar-refractivity contribution in [2.45, 2.75) is 0 Å². The van der Waals surface area contributed by atoms with Crippen molar-refractivity contribution in [3.05, 3.63) is 94.3 Å². The third kappa shape index (κ3) is 3.18. The van der Waals surface area contributed by atoms with Crippen molar-refractivity contribution in [2.24, 2.45) is 0 Å². The highest BCUT2D eigenvalue weighted by Crippen LogP contribution is 2.28. The van der Waals surface area contributed by atoms with Crippen molar-refractivity contribution in [1.82, 2.24) is 9.55 Å². The van der Waals surface area contributed by atoms with Crippen LogP contribution in [-0.2, 0) is 0 Å². The lowest BCUT2D eigenvalue weighted by Gasteiger charge is -2.10. The number of nitrogens with one attached hydrogen (secondary N) is 1. The average molecular weight is 376 g/mol. The number of nitro benzene ring substituents is 1. The second kappa shape index (κ2) is 6.92. The summed E-state index contributed by atoms with van der Waals surface area (Å²) in [6, 6.07) is 18.6. The quantitative estimate of drug-likeness (QED) is 0.424. The van der Waals surface area contributed by atoms with Gasteiger partial charge in [0.15, 0.2) is 0 Å². The lowest BCUT2D eigenvalue weighted by molar-refractivity contribution is -0.384. The van der Waals surface area contributed by atoms with E-state index in [2.05, 4.69) is 10.3 Å². The van der Waals surface area contributed by atoms with Crippen LogP contribution >= 0.6 is 0 Å². The van der Waals surface area contributed by atoms with Gasteiger partial charge in [-0.15, -0.1) is 0 Å². The fourth-order valence-electron chi connectivity index (χ4n) is 2.88. The number of non-ortho nitro benzene ring substituents is 1. The van der Waals surface area contributed by atoms with Crippen LogP contribution in [0.25, 0.3) is 16.7 Å². The molecule has 0 atom stereocenters. The van der Waals surface area contributed by atoms with Crippen molar-refractivity contribution in [1.29, 1.82) is 0 Å². The average Bonchev–Trinajstić information content (AvgIpc) is 3.06. The molecule has 1 amide bonds. The van der Waals surface area contributed by atoms with Crippen molar-refractivity contribution in [3.63, 3.8) is 0 Å². The van der Waals surface area contributed by atoms with Crippen molar-refractivity contribution < 1.29 is 14.1 Å². The van der Waals surface area contributed by atoms with Crippen molar-refractivity contribution in [2.75, 3.05) is 5.32 Å². The van der Waals surface area contributed by atoms with E-state index in [1.165, 1.54) is 36.4 Å². The predicted octanol–water partition coefficient (Wildman–Crippen LogP) is 4.33. The number of carbonyl (C=O) groups excluding carboxylic acids is 1. The first-order chi connectivity index (χ1) is 13.5. The number of halogens is 1. The molecule has 0 aliphatic carbocycles. The fourth-order valence-corrected chi connectivity index (χ4v) is 2.88. The molecule has 0 unspecified atom stereocenters. The van der Waals surface area contributed by atoms with Crippen LogP contribution in [-0.4, -0.2) is 20.4 Å². The van der Waals surface area contributed by atoms with Gasteiger partial charge in [0, 0.05) is 23.4 Å². The lowest BCUT2D eigenvalue weighted by atomic mass is 10.2. The summed E-state index contributed by atoms with van der Waals surface area (Å²) in [5, 5.41) is 13.8. The third-order valence-corrected chi connectivity index (χ3v) is 4.20. The Morgan fingerprint density at radius 3 is 2.43 bits per heavy atom. The molecule has 0 bridgehead atoms. The van der Waals surface area contributed by atoms with Crippen LogP contribution in [0.2, 0.25) is 0 Å². The van der Waals surface area contributed by atoms with Gasteiger partial charge >= 0.3 is 0 Å². The molecule has 0 radical (unpaired) electrons. The number of fused-ring (bicyclic) bond motifs is 1. The number of anilines is 1. The lowest BCUT2D eigenvalue weighted by Crippen LogP contribution is -2.15. The Morgan fingerprint density at radius 1 is 1.04 bits per heavy atom. The molecule has 4 rings (SSSR count). The number of aromatic nitrogens is 2. The molecule has 1 heterocycles. The zero-order valence-corrected chi connectivity index (χ0v) is 14.4. The van der Waals surface area contributed by atoms with Gasteiger partial charge in [-0.1, -0.05) is 18.2 Å². The summed E-state index contributed by atoms with van der Waals surface area (Å²) in [6.45, 7) is 0. The molecule has 0 saturated carbocycles. The summed E-state index contributed by atoms with van der Waals surface area (Å²) in [7, 11) is 0. The minimum absolute atomic E-state index is 0.0957. The molecule has 8 heteroatoms. The second-order valence-electron chi connectivity index (χ2n) is 6.00. The number of rotatable bonds is 4. The van der Waals surface area contributed by atoms with Gasteiger partial charge in [-0.25, -0.2) is 9.37 Å². The van der Waals surface area contributed by atoms with Gasteiger partial charge in [0.25, 0.3) is 11.6 Å². The molecule has 0 spiro atoms. The Labute approximate surface area is 158 Å². The van der Waals surface area contributed by atoms with Gasteiger partial charge in [-0.2, -0.15) is 0 Å². The Kier molecular flexibility index (Phi) is 4.29. The molecule has 4 aromatic rings. The van der Waals surface area contributed by atoms with Crippen molar-refractivity contribution in [3.8, 4) is 5.69 Å². The number of carbonyl (C=O) groups is 1. The van der Waals surface area contributed by atoms with Gasteiger partial charge in [0.1, 0.15) is 5.82 Å². The summed E-state index contributed by atoms with van der Waals surface area (Å²) < 4.78 is 14.8. The first-order valence-electron chi connectivity index (χ1n) is 8.32. The summed E-state index contributed by atoms with van der Waals surface area (Å²) in [5.74, 6) is -0.710. The molecule has 0 saturated heterocycles. The predicted molar refractivity (Wildman–Crippen MR) is 102 cm³/mol. The maximum Gasteiger partial charge on any atom is 0.271 e. The minimum Gasteiger partial charge on any atom is -0.292 e. The van der Waals surface area contributed by atoms with Crippen LogP contribution in [0.15, 0.2) is 72.8 Å². The molecule has 3 aromatic carbocycles. The highest BCUT2D eigenvalue weighted by atomic mass is 19.1. The monoisotopic (exact) mass is 376 g/mol. The van der Waals surface area contributed by atoms with Gasteiger partial charge in [0.2, 0.25) is 5.95 Å². The second-order valence-corrected chi connectivity index (χ2v) is 6.00. The molecule has 138 valence electrons. The molecule has 7 nitrogen and oxygen atoms in total. The highest BCUT2D eigenvalue weighted by molar-refractivity contribution is 6.04. The Hall–Kier alpha value is -4.07. The maximum atomic E-state index is 13.1. The molecule has 0 aliphatic rings. The van der Waals surface area contributed by atoms with E-state index in [1.54, 1.807) is 10.6 Å². The Balaban J connectivity index is 1.82. The SMILES string of the molecule is O=C(Nc1nc2cc([N+](=O)[O-])ccc2n1-c1ccccc1)c1ccc(F)cc1. The topological polar surface area (TPSA) is 90.1 Å². The highest BCUT2D eigenvalue weighted by Gasteiger charge is 2.18. The number of para-hydroxylation sites is 1. The van der Waals surface area contributed by atoms with Crippen LogP contribution in [0, 0.1) is 15.9 Å². The number of hydrogen-bond acceptors (Lipinski definition) is 4. The minimum atomic E-state index is -0.502. The van der Waals surface area contributed by atoms with E-state index in [0.717, 1.165) is 5.69 Å². The summed E-state index contributed by atoms with van der Waals surface area (Å²) in [6.07, 6.45) is 0. The fraction of sp³-hybridized carbons (Fsp3) is 0. The zero-order chi connectivity index (χ0) is 19.7. The number of nitro groups is 1. The first kappa shape index (κ1) is 17.3. The van der Waals surface area contributed by atoms with E-state index in [1.807, 2.05) is 30.3 Å². The van der Waals surface area contributed by atoms with Crippen LogP contribution in [0.1, 0.15) is 10.4 Å². The van der Waals surface area contributed by atoms with Crippen LogP contribution < -0.4 is 5.32 Å². The summed E-state index contributed by atoms with van der Waals surface area (Å²) >= 11 is 0. The number of benzene rings is 3. The molecule has 0 aliphatic heterocycles. The molecule has 1 N–H and O–H groups in total. The van der Waals surface area contributed by atoms with E-state index >= 15 is 0 Å². The molecular formula is C20H13FN4O3. The largest absolute Gasteiger partial charge is 0.292 e. The van der Waals surface area contributed by atoms with Crippen LogP contribution in [0.4, 0.5) is 16.0 Å². The summed E-state index contributed by atoms with van der Waals surface area (Å²) in [5.41, 5.74) is 1.87. The van der Waals surface area contributed by atoms with E-state index < -0.39 is 16.6 Å². The van der Waals surface area contributed by atoms with Crippen molar-refractivity contribution >= 4 is 28.6 Å². The Bertz CT molecular complexity index is 1190. The standard InChI is InChI=1S/C20H13FN4O3/c21-14-8-6-13(7-9-14)19(26)23-20-22-17-12-16(25(27)28)10-11-18(17)24(20)15-4-2-1-3-5-15/h1-12H,(H,22,23,26). The summed E-state index contributed by atoms with van der Waals surface area (Å²) in [4.78, 5) is 27.5. The van der Waals surface area contributed by atoms with E-state index in [4.69, 9.17) is 0 Å². The van der Waals surface area contributed by atoms with E-state index in [9.17, 15) is 19.3 Å². The number of amides is 1. The van der Waals surface area contributed by atoms with Crippen LogP contribution in [0.3, 0.4) is 0 Å². The molecule has 28 heavy (non-hydrogen) atoms. The van der Waals surface area contributed by atoms with Gasteiger partial charge in [-0.05, 0) is 42.5 Å². The van der Waals surface area contributed by atoms with Gasteiger partial charge < -0.3 is 0 Å². The molecule has 0 fully saturated rings. The smallest absolute Gasteiger partial charge is 0.271 e. The number of imidazole rings is 1. The third-order valence-electron chi connectivity index (χ3n) is 4.20. The zero-order valence-electron chi connectivity index (χ0n) is 14.4. The maximum absolute atomic E-state index is 13.1. The van der Waals surface area contributed by atoms with Gasteiger partial charge in [0.05, 0.1) is 16.0 Å². The first-order valence-corrected chi connectivity index (χ1v) is 8.32.